The molecule has 4 nitrogen and oxygen atoms in total. The fourth-order valence-corrected chi connectivity index (χ4v) is 2.91. The van der Waals surface area contributed by atoms with Crippen molar-refractivity contribution in [1.29, 1.82) is 0 Å². The first-order chi connectivity index (χ1) is 10.2. The Morgan fingerprint density at radius 3 is 2.62 bits per heavy atom. The Morgan fingerprint density at radius 1 is 1.24 bits per heavy atom. The third-order valence-corrected chi connectivity index (χ3v) is 4.02. The van der Waals surface area contributed by atoms with Gasteiger partial charge >= 0.3 is 0 Å². The molecule has 1 fully saturated rings. The predicted octanol–water partition coefficient (Wildman–Crippen LogP) is 2.39. The summed E-state index contributed by atoms with van der Waals surface area (Å²) in [6, 6.07) is 8.46. The summed E-state index contributed by atoms with van der Waals surface area (Å²) >= 11 is 0. The smallest absolute Gasteiger partial charge is 0.161 e. The van der Waals surface area contributed by atoms with Gasteiger partial charge in [-0.3, -0.25) is 0 Å². The van der Waals surface area contributed by atoms with Crippen molar-refractivity contribution in [2.75, 3.05) is 39.9 Å². The molecule has 1 aromatic carbocycles. The summed E-state index contributed by atoms with van der Waals surface area (Å²) < 4.78 is 11.4. The van der Waals surface area contributed by atoms with Crippen LogP contribution in [0.3, 0.4) is 0 Å². The minimum absolute atomic E-state index is 0.604. The minimum Gasteiger partial charge on any atom is -0.490 e. The van der Waals surface area contributed by atoms with E-state index < -0.39 is 0 Å². The summed E-state index contributed by atoms with van der Waals surface area (Å²) in [4.78, 5) is 2.40. The van der Waals surface area contributed by atoms with Gasteiger partial charge in [-0.05, 0) is 45.0 Å². The molecule has 2 unspecified atom stereocenters. The number of hydrogen-bond acceptors (Lipinski definition) is 4. The molecule has 0 amide bonds. The van der Waals surface area contributed by atoms with Crippen LogP contribution in [0.1, 0.15) is 20.3 Å². The molecule has 0 spiro atoms. The molecule has 2 rings (SSSR count). The second-order valence-electron chi connectivity index (χ2n) is 5.82. The highest BCUT2D eigenvalue weighted by Gasteiger charge is 2.23. The number of hydrogen-bond donors (Lipinski definition) is 1. The molecule has 0 aromatic heterocycles. The van der Waals surface area contributed by atoms with E-state index in [4.69, 9.17) is 9.47 Å². The first kappa shape index (κ1) is 16.1. The van der Waals surface area contributed by atoms with E-state index in [9.17, 15) is 0 Å². The molecule has 1 heterocycles. The van der Waals surface area contributed by atoms with Gasteiger partial charge in [-0.2, -0.15) is 0 Å². The predicted molar refractivity (Wildman–Crippen MR) is 86.2 cm³/mol. The van der Waals surface area contributed by atoms with Crippen LogP contribution in [0.2, 0.25) is 0 Å². The number of benzene rings is 1. The van der Waals surface area contributed by atoms with Crippen molar-refractivity contribution in [3.8, 4) is 11.5 Å². The summed E-state index contributed by atoms with van der Waals surface area (Å²) in [6.45, 7) is 8.86. The molecule has 1 aliphatic rings. The normalized spacial score (nSPS) is 23.0. The van der Waals surface area contributed by atoms with E-state index in [0.717, 1.165) is 18.0 Å². The van der Waals surface area contributed by atoms with E-state index in [0.29, 0.717) is 25.2 Å². The first-order valence-electron chi connectivity index (χ1n) is 7.97. The summed E-state index contributed by atoms with van der Waals surface area (Å²) in [5.41, 5.74) is 0. The maximum atomic E-state index is 5.84. The van der Waals surface area contributed by atoms with Crippen LogP contribution >= 0.6 is 0 Å². The van der Waals surface area contributed by atoms with Gasteiger partial charge in [-0.25, -0.2) is 0 Å². The van der Waals surface area contributed by atoms with Crippen LogP contribution in [-0.4, -0.2) is 50.8 Å². The lowest BCUT2D eigenvalue weighted by Gasteiger charge is -2.35. The molecule has 1 aliphatic heterocycles. The van der Waals surface area contributed by atoms with Gasteiger partial charge in [-0.1, -0.05) is 19.1 Å². The summed E-state index contributed by atoms with van der Waals surface area (Å²) in [6.07, 6.45) is 1.22. The molecule has 1 saturated heterocycles. The van der Waals surface area contributed by atoms with Crippen molar-refractivity contribution in [2.24, 2.45) is 5.92 Å². The van der Waals surface area contributed by atoms with Crippen LogP contribution in [0, 0.1) is 5.92 Å². The van der Waals surface area contributed by atoms with Crippen molar-refractivity contribution in [1.82, 2.24) is 10.2 Å². The third kappa shape index (κ3) is 4.90. The molecule has 21 heavy (non-hydrogen) atoms. The van der Waals surface area contributed by atoms with Gasteiger partial charge in [0.1, 0.15) is 6.61 Å². The number of piperidine rings is 1. The van der Waals surface area contributed by atoms with E-state index in [1.54, 1.807) is 0 Å². The molecular formula is C17H28N2O2. The van der Waals surface area contributed by atoms with E-state index >= 15 is 0 Å². The molecule has 0 bridgehead atoms. The number of nitrogens with zero attached hydrogens (tertiary/aromatic N) is 1. The number of para-hydroxylation sites is 2. The van der Waals surface area contributed by atoms with Gasteiger partial charge in [0.2, 0.25) is 0 Å². The number of ether oxygens (including phenoxy) is 2. The highest BCUT2D eigenvalue weighted by atomic mass is 16.5. The Morgan fingerprint density at radius 2 is 1.95 bits per heavy atom. The molecular weight excluding hydrogens is 264 g/mol. The Balaban J connectivity index is 1.72. The SMILES string of the molecule is CCOc1ccccc1OCCNC1CCN(C)CC1C. The lowest BCUT2D eigenvalue weighted by Crippen LogP contribution is -2.47. The standard InChI is InChI=1S/C17H28N2O2/c1-4-20-16-7-5-6-8-17(16)21-12-10-18-15-9-11-19(3)13-14(15)2/h5-8,14-15,18H,4,9-13H2,1-3H3. The molecule has 1 aromatic rings. The Kier molecular flexibility index (Phi) is 6.33. The van der Waals surface area contributed by atoms with Gasteiger partial charge in [0.05, 0.1) is 6.61 Å². The number of rotatable bonds is 7. The van der Waals surface area contributed by atoms with Gasteiger partial charge in [-0.15, -0.1) is 0 Å². The van der Waals surface area contributed by atoms with Gasteiger partial charge in [0.15, 0.2) is 11.5 Å². The van der Waals surface area contributed by atoms with Crippen LogP contribution in [0.5, 0.6) is 11.5 Å². The molecule has 1 N–H and O–H groups in total. The zero-order valence-corrected chi connectivity index (χ0v) is 13.5. The quantitative estimate of drug-likeness (QED) is 0.783. The summed E-state index contributed by atoms with van der Waals surface area (Å²) in [5, 5.41) is 3.62. The maximum Gasteiger partial charge on any atom is 0.161 e. The molecule has 118 valence electrons. The monoisotopic (exact) mass is 292 g/mol. The number of nitrogens with one attached hydrogen (secondary N) is 1. The fourth-order valence-electron chi connectivity index (χ4n) is 2.91. The van der Waals surface area contributed by atoms with Crippen molar-refractivity contribution >= 4 is 0 Å². The molecule has 0 saturated carbocycles. The van der Waals surface area contributed by atoms with Crippen LogP contribution in [0.4, 0.5) is 0 Å². The van der Waals surface area contributed by atoms with Crippen molar-refractivity contribution < 1.29 is 9.47 Å². The minimum atomic E-state index is 0.604. The van der Waals surface area contributed by atoms with E-state index in [1.807, 2.05) is 31.2 Å². The van der Waals surface area contributed by atoms with Gasteiger partial charge in [0, 0.05) is 19.1 Å². The van der Waals surface area contributed by atoms with Crippen molar-refractivity contribution in [3.63, 3.8) is 0 Å². The lowest BCUT2D eigenvalue weighted by molar-refractivity contribution is 0.169. The average Bonchev–Trinajstić information content (AvgIpc) is 2.47. The molecule has 4 heteroatoms. The lowest BCUT2D eigenvalue weighted by atomic mass is 9.94. The maximum absolute atomic E-state index is 5.84. The first-order valence-corrected chi connectivity index (χ1v) is 7.97. The van der Waals surface area contributed by atoms with Gasteiger partial charge < -0.3 is 19.7 Å². The van der Waals surface area contributed by atoms with E-state index in [-0.39, 0.29) is 0 Å². The molecule has 0 radical (unpaired) electrons. The third-order valence-electron chi connectivity index (χ3n) is 4.02. The van der Waals surface area contributed by atoms with E-state index in [2.05, 4.69) is 24.2 Å². The van der Waals surface area contributed by atoms with Crippen LogP contribution in [0.15, 0.2) is 24.3 Å². The Hall–Kier alpha value is -1.26. The zero-order chi connectivity index (χ0) is 15.1. The second kappa shape index (κ2) is 8.25. The largest absolute Gasteiger partial charge is 0.490 e. The molecule has 0 aliphatic carbocycles. The Labute approximate surface area is 128 Å². The average molecular weight is 292 g/mol. The van der Waals surface area contributed by atoms with Crippen LogP contribution < -0.4 is 14.8 Å². The Bertz CT molecular complexity index is 425. The topological polar surface area (TPSA) is 33.7 Å². The zero-order valence-electron chi connectivity index (χ0n) is 13.5. The van der Waals surface area contributed by atoms with E-state index in [1.165, 1.54) is 19.5 Å². The van der Waals surface area contributed by atoms with Crippen molar-refractivity contribution in [3.05, 3.63) is 24.3 Å². The highest BCUT2D eigenvalue weighted by Crippen LogP contribution is 2.26. The summed E-state index contributed by atoms with van der Waals surface area (Å²) in [7, 11) is 2.19. The second-order valence-corrected chi connectivity index (χ2v) is 5.82. The molecule has 2 atom stereocenters. The fraction of sp³-hybridized carbons (Fsp3) is 0.647. The van der Waals surface area contributed by atoms with Crippen molar-refractivity contribution in [2.45, 2.75) is 26.3 Å². The van der Waals surface area contributed by atoms with Crippen LogP contribution in [0.25, 0.3) is 0 Å². The highest BCUT2D eigenvalue weighted by molar-refractivity contribution is 5.39. The summed E-state index contributed by atoms with van der Waals surface area (Å²) in [5.74, 6) is 2.35. The van der Waals surface area contributed by atoms with Gasteiger partial charge in [0.25, 0.3) is 0 Å². The van der Waals surface area contributed by atoms with Crippen LogP contribution in [-0.2, 0) is 0 Å². The number of likely N-dealkylation sites (tertiary alicyclic amines) is 1.